The van der Waals surface area contributed by atoms with E-state index < -0.39 is 0 Å². The summed E-state index contributed by atoms with van der Waals surface area (Å²) in [5, 5.41) is 3.18. The van der Waals surface area contributed by atoms with E-state index in [-0.39, 0.29) is 29.8 Å². The molecule has 2 bridgehead atoms. The van der Waals surface area contributed by atoms with Crippen LogP contribution in [0.4, 0.5) is 0 Å². The van der Waals surface area contributed by atoms with Crippen molar-refractivity contribution < 1.29 is 14.3 Å². The third-order valence-corrected chi connectivity index (χ3v) is 7.13. The van der Waals surface area contributed by atoms with Crippen molar-refractivity contribution in [1.82, 2.24) is 15.1 Å². The largest absolute Gasteiger partial charge is 0.379 e. The lowest BCUT2D eigenvalue weighted by atomic mass is 9.65. The molecule has 2 amide bonds. The highest BCUT2D eigenvalue weighted by molar-refractivity contribution is 5.83. The topological polar surface area (TPSA) is 87.9 Å². The molecule has 152 valence electrons. The summed E-state index contributed by atoms with van der Waals surface area (Å²) in [6, 6.07) is 0.247. The summed E-state index contributed by atoms with van der Waals surface area (Å²) < 4.78 is 5.37. The first kappa shape index (κ1) is 19.2. The molecule has 3 atom stereocenters. The summed E-state index contributed by atoms with van der Waals surface area (Å²) in [4.78, 5) is 29.4. The van der Waals surface area contributed by atoms with Gasteiger partial charge in [0.15, 0.2) is 0 Å². The fraction of sp³-hybridized carbons (Fsp3) is 0.900. The SMILES string of the molecule is NC1C2CCCC1CC(C(=O)NC1CC(=O)N(CCN3CCOCC3)C1)C2. The maximum absolute atomic E-state index is 12.8. The average molecular weight is 379 g/mol. The van der Waals surface area contributed by atoms with Gasteiger partial charge in [-0.1, -0.05) is 6.42 Å². The number of fused-ring (bicyclic) bond motifs is 2. The quantitative estimate of drug-likeness (QED) is 0.713. The van der Waals surface area contributed by atoms with E-state index in [9.17, 15) is 9.59 Å². The van der Waals surface area contributed by atoms with Gasteiger partial charge in [0, 0.05) is 51.1 Å². The predicted molar refractivity (Wildman–Crippen MR) is 102 cm³/mol. The van der Waals surface area contributed by atoms with E-state index in [0.717, 1.165) is 52.2 Å². The van der Waals surface area contributed by atoms with Gasteiger partial charge in [0.25, 0.3) is 0 Å². The van der Waals surface area contributed by atoms with Crippen LogP contribution in [0, 0.1) is 17.8 Å². The zero-order valence-electron chi connectivity index (χ0n) is 16.3. The van der Waals surface area contributed by atoms with Gasteiger partial charge in [-0.25, -0.2) is 0 Å². The molecule has 7 heteroatoms. The Balaban J connectivity index is 1.24. The fourth-order valence-electron chi connectivity index (χ4n) is 5.49. The summed E-state index contributed by atoms with van der Waals surface area (Å²) in [6.45, 7) is 5.71. The molecule has 4 fully saturated rings. The second-order valence-electron chi connectivity index (χ2n) is 8.90. The number of morpholine rings is 1. The number of carbonyl (C=O) groups excluding carboxylic acids is 2. The average Bonchev–Trinajstić information content (AvgIpc) is 2.99. The molecule has 0 aromatic carbocycles. The zero-order chi connectivity index (χ0) is 18.8. The lowest BCUT2D eigenvalue weighted by Gasteiger charge is -2.43. The Hall–Kier alpha value is -1.18. The highest BCUT2D eigenvalue weighted by Gasteiger charge is 2.41. The van der Waals surface area contributed by atoms with Crippen LogP contribution in [-0.2, 0) is 14.3 Å². The van der Waals surface area contributed by atoms with E-state index in [2.05, 4.69) is 10.2 Å². The van der Waals surface area contributed by atoms with Gasteiger partial charge in [-0.05, 0) is 37.5 Å². The van der Waals surface area contributed by atoms with Gasteiger partial charge < -0.3 is 20.7 Å². The van der Waals surface area contributed by atoms with Gasteiger partial charge >= 0.3 is 0 Å². The minimum atomic E-state index is -0.0369. The van der Waals surface area contributed by atoms with Gasteiger partial charge in [-0.3, -0.25) is 14.5 Å². The molecule has 2 saturated carbocycles. The number of nitrogens with zero attached hydrogens (tertiary/aromatic N) is 2. The molecule has 0 aromatic rings. The Morgan fingerprint density at radius 2 is 1.85 bits per heavy atom. The number of hydrogen-bond acceptors (Lipinski definition) is 5. The number of amides is 2. The fourth-order valence-corrected chi connectivity index (χ4v) is 5.49. The van der Waals surface area contributed by atoms with E-state index in [1.54, 1.807) is 0 Å². The van der Waals surface area contributed by atoms with Crippen molar-refractivity contribution >= 4 is 11.8 Å². The second-order valence-corrected chi connectivity index (χ2v) is 8.90. The van der Waals surface area contributed by atoms with Crippen LogP contribution in [0.25, 0.3) is 0 Å². The summed E-state index contributed by atoms with van der Waals surface area (Å²) >= 11 is 0. The molecule has 2 heterocycles. The van der Waals surface area contributed by atoms with E-state index >= 15 is 0 Å². The van der Waals surface area contributed by atoms with E-state index in [4.69, 9.17) is 10.5 Å². The van der Waals surface area contributed by atoms with Gasteiger partial charge in [0.05, 0.1) is 19.3 Å². The lowest BCUT2D eigenvalue weighted by Crippen LogP contribution is -2.50. The molecular formula is C20H34N4O3. The van der Waals surface area contributed by atoms with Crippen LogP contribution in [0.2, 0.25) is 0 Å². The maximum atomic E-state index is 12.8. The molecule has 0 radical (unpaired) electrons. The van der Waals surface area contributed by atoms with Crippen LogP contribution in [0.5, 0.6) is 0 Å². The number of rotatable bonds is 5. The number of hydrogen-bond donors (Lipinski definition) is 2. The van der Waals surface area contributed by atoms with Crippen molar-refractivity contribution in [2.24, 2.45) is 23.5 Å². The first-order valence-corrected chi connectivity index (χ1v) is 10.7. The van der Waals surface area contributed by atoms with Gasteiger partial charge in [-0.15, -0.1) is 0 Å². The molecule has 4 rings (SSSR count). The molecule has 4 aliphatic rings. The summed E-state index contributed by atoms with van der Waals surface area (Å²) in [5.41, 5.74) is 6.35. The van der Waals surface area contributed by atoms with E-state index in [0.29, 0.717) is 24.8 Å². The number of likely N-dealkylation sites (tertiary alicyclic amines) is 1. The van der Waals surface area contributed by atoms with Crippen LogP contribution in [0.15, 0.2) is 0 Å². The van der Waals surface area contributed by atoms with Crippen LogP contribution >= 0.6 is 0 Å². The van der Waals surface area contributed by atoms with Crippen molar-refractivity contribution in [2.45, 2.75) is 50.6 Å². The Kier molecular flexibility index (Phi) is 5.99. The minimum Gasteiger partial charge on any atom is -0.379 e. The molecule has 2 aliphatic carbocycles. The summed E-state index contributed by atoms with van der Waals surface area (Å²) in [6.07, 6.45) is 5.87. The lowest BCUT2D eigenvalue weighted by molar-refractivity contribution is -0.128. The Morgan fingerprint density at radius 1 is 1.15 bits per heavy atom. The van der Waals surface area contributed by atoms with Crippen LogP contribution in [0.1, 0.15) is 38.5 Å². The van der Waals surface area contributed by atoms with Gasteiger partial charge in [0.1, 0.15) is 0 Å². The Morgan fingerprint density at radius 3 is 2.56 bits per heavy atom. The van der Waals surface area contributed by atoms with Crippen molar-refractivity contribution in [3.05, 3.63) is 0 Å². The molecule has 0 aromatic heterocycles. The molecule has 3 N–H and O–H groups in total. The van der Waals surface area contributed by atoms with Crippen molar-refractivity contribution in [1.29, 1.82) is 0 Å². The summed E-state index contributed by atoms with van der Waals surface area (Å²) in [7, 11) is 0. The molecule has 7 nitrogen and oxygen atoms in total. The number of carbonyl (C=O) groups is 2. The van der Waals surface area contributed by atoms with Gasteiger partial charge in [0.2, 0.25) is 11.8 Å². The first-order valence-electron chi connectivity index (χ1n) is 10.7. The highest BCUT2D eigenvalue weighted by Crippen LogP contribution is 2.41. The standard InChI is InChI=1S/C20H34N4O3/c21-19-14-2-1-3-15(19)11-16(10-14)20(26)22-17-12-18(25)24(13-17)5-4-23-6-8-27-9-7-23/h14-17,19H,1-13,21H2,(H,22,26). The normalized spacial score (nSPS) is 37.4. The predicted octanol–water partition coefficient (Wildman–Crippen LogP) is 0.189. The van der Waals surface area contributed by atoms with Crippen LogP contribution < -0.4 is 11.1 Å². The zero-order valence-corrected chi connectivity index (χ0v) is 16.3. The molecule has 2 saturated heterocycles. The molecule has 3 unspecified atom stereocenters. The van der Waals surface area contributed by atoms with Crippen LogP contribution in [-0.4, -0.2) is 79.6 Å². The third-order valence-electron chi connectivity index (χ3n) is 7.13. The van der Waals surface area contributed by atoms with Crippen molar-refractivity contribution in [3.63, 3.8) is 0 Å². The van der Waals surface area contributed by atoms with E-state index in [1.165, 1.54) is 19.3 Å². The molecule has 27 heavy (non-hydrogen) atoms. The van der Waals surface area contributed by atoms with Crippen molar-refractivity contribution in [3.8, 4) is 0 Å². The number of nitrogens with two attached hydrogens (primary N) is 1. The van der Waals surface area contributed by atoms with Crippen molar-refractivity contribution in [2.75, 3.05) is 45.9 Å². The first-order chi connectivity index (χ1) is 13.1. The highest BCUT2D eigenvalue weighted by atomic mass is 16.5. The van der Waals surface area contributed by atoms with Gasteiger partial charge in [-0.2, -0.15) is 0 Å². The van der Waals surface area contributed by atoms with E-state index in [1.807, 2.05) is 4.90 Å². The minimum absolute atomic E-state index is 0.0369. The number of nitrogens with one attached hydrogen (secondary N) is 1. The molecule has 0 spiro atoms. The molecule has 2 aliphatic heterocycles. The Labute approximate surface area is 161 Å². The third kappa shape index (κ3) is 4.46. The summed E-state index contributed by atoms with van der Waals surface area (Å²) in [5.74, 6) is 1.40. The monoisotopic (exact) mass is 378 g/mol. The van der Waals surface area contributed by atoms with Crippen LogP contribution in [0.3, 0.4) is 0 Å². The molecular weight excluding hydrogens is 344 g/mol. The Bertz CT molecular complexity index is 537. The second kappa shape index (κ2) is 8.45. The maximum Gasteiger partial charge on any atom is 0.224 e. The smallest absolute Gasteiger partial charge is 0.224 e. The number of ether oxygens (including phenoxy) is 1.